The molecule has 3 N–H and O–H groups in total. The van der Waals surface area contributed by atoms with Crippen LogP contribution >= 0.6 is 34.8 Å². The van der Waals surface area contributed by atoms with E-state index in [0.717, 1.165) is 5.56 Å². The average Bonchev–Trinajstić information content (AvgIpc) is 2.90. The Kier molecular flexibility index (Phi) is 5.41. The third-order valence-electron chi connectivity index (χ3n) is 3.83. The second kappa shape index (κ2) is 7.60. The molecule has 0 spiro atoms. The van der Waals surface area contributed by atoms with Crippen molar-refractivity contribution in [2.45, 2.75) is 6.92 Å². The summed E-state index contributed by atoms with van der Waals surface area (Å²) in [4.78, 5) is 30.2. The zero-order valence-corrected chi connectivity index (χ0v) is 16.1. The lowest BCUT2D eigenvalue weighted by molar-refractivity contribution is 0.0696. The molecule has 138 valence electrons. The molecule has 0 atom stereocenters. The van der Waals surface area contributed by atoms with Gasteiger partial charge in [0.15, 0.2) is 0 Å². The smallest absolute Gasteiger partial charge is 0.338 e. The highest BCUT2D eigenvalue weighted by Crippen LogP contribution is 2.30. The van der Waals surface area contributed by atoms with Gasteiger partial charge in [0, 0.05) is 23.1 Å². The number of aryl methyl sites for hydroxylation is 1. The van der Waals surface area contributed by atoms with Crippen LogP contribution in [0.1, 0.15) is 26.5 Å². The minimum Gasteiger partial charge on any atom is -0.478 e. The van der Waals surface area contributed by atoms with Crippen molar-refractivity contribution >= 4 is 52.4 Å². The molecule has 0 aliphatic rings. The Labute approximate surface area is 169 Å². The number of carbonyl (C=O) groups is 2. The van der Waals surface area contributed by atoms with Gasteiger partial charge in [-0.25, -0.2) is 9.78 Å². The van der Waals surface area contributed by atoms with E-state index in [1.807, 2.05) is 0 Å². The van der Waals surface area contributed by atoms with Gasteiger partial charge in [0.1, 0.15) is 10.8 Å². The number of amides is 1. The molecule has 0 radical (unpaired) electrons. The number of benzene rings is 1. The van der Waals surface area contributed by atoms with Gasteiger partial charge in [-0.3, -0.25) is 4.79 Å². The van der Waals surface area contributed by atoms with Crippen LogP contribution in [-0.2, 0) is 0 Å². The van der Waals surface area contributed by atoms with Crippen LogP contribution in [-0.4, -0.2) is 27.0 Å². The number of aromatic amines is 1. The highest BCUT2D eigenvalue weighted by atomic mass is 35.5. The van der Waals surface area contributed by atoms with Gasteiger partial charge in [0.2, 0.25) is 0 Å². The monoisotopic (exact) mass is 423 g/mol. The van der Waals surface area contributed by atoms with Gasteiger partial charge in [-0.15, -0.1) is 0 Å². The van der Waals surface area contributed by atoms with Crippen molar-refractivity contribution in [3.8, 4) is 11.1 Å². The van der Waals surface area contributed by atoms with Gasteiger partial charge >= 0.3 is 5.97 Å². The molecule has 3 rings (SSSR count). The zero-order valence-electron chi connectivity index (χ0n) is 13.8. The summed E-state index contributed by atoms with van der Waals surface area (Å²) in [5.41, 5.74) is 2.53. The molecule has 6 nitrogen and oxygen atoms in total. The second-order valence-electron chi connectivity index (χ2n) is 5.65. The molecular formula is C18H12Cl3N3O3. The molecule has 3 aromatic rings. The standard InChI is InChI=1S/C18H12Cl3N3O3/c1-8-13(19)14(20)15(23-8)17(25)24-11-4-2-9(3-5-11)10-6-12(18(26)27)16(21)22-7-10/h2-7,23H,1H3,(H,24,25)(H,26,27). The average molecular weight is 425 g/mol. The number of halogens is 3. The number of H-pyrrole nitrogens is 1. The van der Waals surface area contributed by atoms with Gasteiger partial charge in [-0.2, -0.15) is 0 Å². The molecule has 0 fully saturated rings. The predicted molar refractivity (Wildman–Crippen MR) is 105 cm³/mol. The van der Waals surface area contributed by atoms with Crippen molar-refractivity contribution in [1.29, 1.82) is 0 Å². The Balaban J connectivity index is 1.81. The summed E-state index contributed by atoms with van der Waals surface area (Å²) in [5.74, 6) is -1.58. The molecule has 0 saturated carbocycles. The lowest BCUT2D eigenvalue weighted by Crippen LogP contribution is -2.12. The van der Waals surface area contributed by atoms with Crippen LogP contribution in [0.5, 0.6) is 0 Å². The van der Waals surface area contributed by atoms with Gasteiger partial charge < -0.3 is 15.4 Å². The number of hydrogen-bond acceptors (Lipinski definition) is 3. The van der Waals surface area contributed by atoms with Crippen LogP contribution in [0.2, 0.25) is 15.2 Å². The minimum absolute atomic E-state index is 0.0769. The summed E-state index contributed by atoms with van der Waals surface area (Å²) >= 11 is 17.8. The normalized spacial score (nSPS) is 10.7. The maximum atomic E-state index is 12.3. The fourth-order valence-corrected chi connectivity index (χ4v) is 3.02. The molecule has 0 unspecified atom stereocenters. The molecule has 0 saturated heterocycles. The number of nitrogens with zero attached hydrogens (tertiary/aromatic N) is 1. The number of anilines is 1. The summed E-state index contributed by atoms with van der Waals surface area (Å²) in [5, 5.41) is 12.2. The molecule has 9 heteroatoms. The highest BCUT2D eigenvalue weighted by Gasteiger charge is 2.18. The number of pyridine rings is 1. The van der Waals surface area contributed by atoms with Crippen molar-refractivity contribution in [2.75, 3.05) is 5.32 Å². The van der Waals surface area contributed by atoms with Crippen molar-refractivity contribution in [2.24, 2.45) is 0 Å². The Morgan fingerprint density at radius 1 is 1.07 bits per heavy atom. The topological polar surface area (TPSA) is 95.1 Å². The molecule has 2 aromatic heterocycles. The van der Waals surface area contributed by atoms with Crippen molar-refractivity contribution in [3.63, 3.8) is 0 Å². The number of carboxylic acid groups (broad SMARTS) is 1. The first-order chi connectivity index (χ1) is 12.8. The van der Waals surface area contributed by atoms with Crippen LogP contribution in [0.15, 0.2) is 36.5 Å². The van der Waals surface area contributed by atoms with Crippen molar-refractivity contribution < 1.29 is 14.7 Å². The fourth-order valence-electron chi connectivity index (χ4n) is 2.42. The lowest BCUT2D eigenvalue weighted by Gasteiger charge is -2.07. The van der Waals surface area contributed by atoms with Crippen molar-refractivity contribution in [1.82, 2.24) is 9.97 Å². The number of aromatic carboxylic acids is 1. The van der Waals surface area contributed by atoms with E-state index >= 15 is 0 Å². The number of aromatic nitrogens is 2. The predicted octanol–water partition coefficient (Wildman–Crippen LogP) is 5.30. The minimum atomic E-state index is -1.16. The summed E-state index contributed by atoms with van der Waals surface area (Å²) in [6.07, 6.45) is 1.48. The Bertz CT molecular complexity index is 1050. The highest BCUT2D eigenvalue weighted by molar-refractivity contribution is 6.44. The quantitative estimate of drug-likeness (QED) is 0.495. The molecule has 0 aliphatic heterocycles. The SMILES string of the molecule is Cc1[nH]c(C(=O)Nc2ccc(-c3cnc(Cl)c(C(=O)O)c3)cc2)c(Cl)c1Cl. The number of carboxylic acids is 1. The molecular weight excluding hydrogens is 413 g/mol. The first kappa shape index (κ1) is 19.2. The Morgan fingerprint density at radius 2 is 1.74 bits per heavy atom. The third kappa shape index (κ3) is 3.93. The Hall–Kier alpha value is -2.54. The molecule has 1 aromatic carbocycles. The summed E-state index contributed by atoms with van der Waals surface area (Å²) in [6.45, 7) is 1.71. The van der Waals surface area contributed by atoms with Crippen LogP contribution < -0.4 is 5.32 Å². The maximum absolute atomic E-state index is 12.3. The molecule has 0 aliphatic carbocycles. The van der Waals surface area contributed by atoms with Gasteiger partial charge in [0.25, 0.3) is 5.91 Å². The summed E-state index contributed by atoms with van der Waals surface area (Å²) in [6, 6.07) is 8.23. The summed E-state index contributed by atoms with van der Waals surface area (Å²) in [7, 11) is 0. The second-order valence-corrected chi connectivity index (χ2v) is 6.77. The van der Waals surface area contributed by atoms with Gasteiger partial charge in [-0.05, 0) is 30.7 Å². The van der Waals surface area contributed by atoms with Crippen LogP contribution in [0, 0.1) is 6.92 Å². The first-order valence-electron chi connectivity index (χ1n) is 7.62. The third-order valence-corrected chi connectivity index (χ3v) is 5.07. The summed E-state index contributed by atoms with van der Waals surface area (Å²) < 4.78 is 0. The van der Waals surface area contributed by atoms with E-state index in [-0.39, 0.29) is 21.4 Å². The molecule has 1 amide bonds. The molecule has 27 heavy (non-hydrogen) atoms. The number of carbonyl (C=O) groups excluding carboxylic acids is 1. The molecule has 2 heterocycles. The van der Waals surface area contributed by atoms with E-state index in [2.05, 4.69) is 15.3 Å². The molecule has 0 bridgehead atoms. The van der Waals surface area contributed by atoms with Crippen LogP contribution in [0.25, 0.3) is 11.1 Å². The maximum Gasteiger partial charge on any atom is 0.338 e. The van der Waals surface area contributed by atoms with E-state index in [4.69, 9.17) is 39.9 Å². The van der Waals surface area contributed by atoms with Gasteiger partial charge in [-0.1, -0.05) is 46.9 Å². The van der Waals surface area contributed by atoms with Crippen LogP contribution in [0.4, 0.5) is 5.69 Å². The van der Waals surface area contributed by atoms with Crippen molar-refractivity contribution in [3.05, 3.63) is 68.7 Å². The largest absolute Gasteiger partial charge is 0.478 e. The van der Waals surface area contributed by atoms with E-state index in [9.17, 15) is 9.59 Å². The zero-order chi connectivity index (χ0) is 19.7. The Morgan fingerprint density at radius 3 is 2.30 bits per heavy atom. The van der Waals surface area contributed by atoms with E-state index in [1.165, 1.54) is 12.3 Å². The van der Waals surface area contributed by atoms with E-state index in [0.29, 0.717) is 22.0 Å². The lowest BCUT2D eigenvalue weighted by atomic mass is 10.1. The first-order valence-corrected chi connectivity index (χ1v) is 8.75. The van der Waals surface area contributed by atoms with Gasteiger partial charge in [0.05, 0.1) is 15.6 Å². The van der Waals surface area contributed by atoms with Crippen LogP contribution in [0.3, 0.4) is 0 Å². The number of rotatable bonds is 4. The number of nitrogens with one attached hydrogen (secondary N) is 2. The van der Waals surface area contributed by atoms with E-state index in [1.54, 1.807) is 31.2 Å². The fraction of sp³-hybridized carbons (Fsp3) is 0.0556. The van der Waals surface area contributed by atoms with E-state index < -0.39 is 11.9 Å². The number of hydrogen-bond donors (Lipinski definition) is 3.